The smallest absolute Gasteiger partial charge is 0.358 e. The Morgan fingerprint density at radius 2 is 1.27 bits per heavy atom. The van der Waals surface area contributed by atoms with Gasteiger partial charge in [-0.1, -0.05) is 41.4 Å². The molecule has 0 saturated carbocycles. The molecule has 13 heteroatoms. The molecule has 0 aliphatic heterocycles. The molecule has 0 saturated heterocycles. The highest BCUT2D eigenvalue weighted by molar-refractivity contribution is 6.37. The lowest BCUT2D eigenvalue weighted by Gasteiger charge is -2.09. The molecule has 0 unspecified atom stereocenters. The van der Waals surface area contributed by atoms with E-state index < -0.39 is 11.9 Å². The Morgan fingerprint density at radius 1 is 0.848 bits per heavy atom. The second-order valence-corrected chi connectivity index (χ2v) is 7.11. The normalized spacial score (nSPS) is 9.67. The number of anilines is 2. The van der Waals surface area contributed by atoms with Crippen molar-refractivity contribution < 1.29 is 28.7 Å². The van der Waals surface area contributed by atoms with E-state index in [2.05, 4.69) is 36.7 Å². The predicted molar refractivity (Wildman–Crippen MR) is 125 cm³/mol. The van der Waals surface area contributed by atoms with Crippen LogP contribution in [0.4, 0.5) is 11.4 Å². The van der Waals surface area contributed by atoms with E-state index in [-0.39, 0.29) is 44.1 Å². The van der Waals surface area contributed by atoms with Crippen molar-refractivity contribution in [2.45, 2.75) is 13.8 Å². The second-order valence-electron chi connectivity index (χ2n) is 5.96. The van der Waals surface area contributed by atoms with E-state index in [4.69, 9.17) is 34.8 Å². The van der Waals surface area contributed by atoms with Gasteiger partial charge in [-0.15, -0.1) is 0 Å². The molecule has 0 fully saturated rings. The first kappa shape index (κ1) is 27.8. The van der Waals surface area contributed by atoms with Gasteiger partial charge in [-0.2, -0.15) is 0 Å². The molecule has 0 atom stereocenters. The number of rotatable bonds is 5. The summed E-state index contributed by atoms with van der Waals surface area (Å²) in [6.45, 7) is 6.18. The van der Waals surface area contributed by atoms with Crippen LogP contribution in [0.15, 0.2) is 18.7 Å². The zero-order valence-electron chi connectivity index (χ0n) is 17.9. The highest BCUT2D eigenvalue weighted by Gasteiger charge is 2.19. The molecular weight excluding hydrogens is 499 g/mol. The summed E-state index contributed by atoms with van der Waals surface area (Å²) in [7, 11) is 2.42. The molecule has 0 spiro atoms. The lowest BCUT2D eigenvalue weighted by atomic mass is 10.2. The molecule has 2 aromatic rings. The van der Waals surface area contributed by atoms with Crippen molar-refractivity contribution in [2.75, 3.05) is 24.9 Å². The number of esters is 2. The predicted octanol–water partition coefficient (Wildman–Crippen LogP) is 4.26. The molecule has 2 N–H and O–H groups in total. The van der Waals surface area contributed by atoms with Crippen LogP contribution in [-0.4, -0.2) is 47.9 Å². The molecule has 0 bridgehead atoms. The summed E-state index contributed by atoms with van der Waals surface area (Å²) >= 11 is 17.5. The number of hydrogen-bond acceptors (Lipinski definition) is 8. The van der Waals surface area contributed by atoms with Gasteiger partial charge in [0.25, 0.3) is 0 Å². The molecule has 10 nitrogen and oxygen atoms in total. The van der Waals surface area contributed by atoms with Gasteiger partial charge >= 0.3 is 11.9 Å². The molecule has 176 valence electrons. The molecule has 2 aromatic heterocycles. The number of carbonyl (C=O) groups excluding carboxylic acids is 4. The average molecular weight is 518 g/mol. The van der Waals surface area contributed by atoms with Gasteiger partial charge < -0.3 is 20.1 Å². The molecule has 0 aliphatic rings. The molecule has 0 aromatic carbocycles. The van der Waals surface area contributed by atoms with Crippen molar-refractivity contribution in [2.24, 2.45) is 0 Å². The lowest BCUT2D eigenvalue weighted by molar-refractivity contribution is -0.115. The molecule has 2 amide bonds. The Kier molecular flexibility index (Phi) is 10.7. The third kappa shape index (κ3) is 8.01. The fourth-order valence-electron chi connectivity index (χ4n) is 2.18. The number of methoxy groups -OCH3 is 2. The molecule has 0 aliphatic carbocycles. The minimum atomic E-state index is -0.723. The first-order valence-corrected chi connectivity index (χ1v) is 9.99. The number of halogens is 3. The van der Waals surface area contributed by atoms with E-state index in [1.807, 2.05) is 0 Å². The number of amides is 2. The summed E-state index contributed by atoms with van der Waals surface area (Å²) < 4.78 is 9.02. The Bertz CT molecular complexity index is 1110. The molecule has 33 heavy (non-hydrogen) atoms. The van der Waals surface area contributed by atoms with E-state index in [9.17, 15) is 19.2 Å². The summed E-state index contributed by atoms with van der Waals surface area (Å²) in [6, 6.07) is 2.86. The van der Waals surface area contributed by atoms with Crippen LogP contribution in [0.3, 0.4) is 0 Å². The number of hydrogen-bond donors (Lipinski definition) is 2. The van der Waals surface area contributed by atoms with E-state index in [1.165, 1.54) is 46.3 Å². The van der Waals surface area contributed by atoms with Crippen LogP contribution in [0.5, 0.6) is 0 Å². The maximum Gasteiger partial charge on any atom is 0.358 e. The van der Waals surface area contributed by atoms with E-state index >= 15 is 0 Å². The van der Waals surface area contributed by atoms with Crippen molar-refractivity contribution in [3.8, 4) is 0 Å². The average Bonchev–Trinajstić information content (AvgIpc) is 2.76. The highest BCUT2D eigenvalue weighted by Crippen LogP contribution is 2.28. The second kappa shape index (κ2) is 12.7. The van der Waals surface area contributed by atoms with E-state index in [0.29, 0.717) is 11.4 Å². The van der Waals surface area contributed by atoms with Crippen LogP contribution in [0.1, 0.15) is 40.5 Å². The van der Waals surface area contributed by atoms with Gasteiger partial charge in [0, 0.05) is 19.9 Å². The van der Waals surface area contributed by atoms with Gasteiger partial charge in [0.05, 0.1) is 41.3 Å². The largest absolute Gasteiger partial charge is 0.464 e. The number of carbonyl (C=O) groups is 4. The first-order chi connectivity index (χ1) is 15.4. The maximum absolute atomic E-state index is 11.4. The van der Waals surface area contributed by atoms with Crippen LogP contribution in [0.2, 0.25) is 15.2 Å². The van der Waals surface area contributed by atoms with Gasteiger partial charge in [0.15, 0.2) is 11.4 Å². The fourth-order valence-corrected chi connectivity index (χ4v) is 2.81. The Morgan fingerprint density at radius 3 is 1.67 bits per heavy atom. The zero-order chi connectivity index (χ0) is 25.3. The summed E-state index contributed by atoms with van der Waals surface area (Å²) in [4.78, 5) is 52.2. The highest BCUT2D eigenvalue weighted by atomic mass is 35.5. The summed E-state index contributed by atoms with van der Waals surface area (Å²) in [5.41, 5.74) is 0.730. The van der Waals surface area contributed by atoms with Crippen LogP contribution in [0.25, 0.3) is 6.08 Å². The third-order valence-electron chi connectivity index (χ3n) is 3.49. The maximum atomic E-state index is 11.4. The van der Waals surface area contributed by atoms with Crippen LogP contribution >= 0.6 is 34.8 Å². The standard InChI is InChI=1S/C11H11ClN2O3.C9H8Cl2N2O3/c1-4-7-5-8(13-6(2)15)9(12)10(14-7)11(16)17-3;1-4(14)12-5-3-6(10)13-8(7(5)11)9(15)16-2/h4-5H,1H2,2-3H3,(H,13,14,15);3H,1-2H3,(H,12,13,14). The number of aromatic nitrogens is 2. The monoisotopic (exact) mass is 516 g/mol. The molecule has 0 radical (unpaired) electrons. The number of ether oxygens (including phenoxy) is 2. The van der Waals surface area contributed by atoms with E-state index in [1.54, 1.807) is 0 Å². The zero-order valence-corrected chi connectivity index (χ0v) is 20.2. The molecular formula is C20H19Cl3N4O6. The van der Waals surface area contributed by atoms with Gasteiger partial charge in [-0.25, -0.2) is 19.6 Å². The molecule has 2 heterocycles. The van der Waals surface area contributed by atoms with Crippen LogP contribution in [0, 0.1) is 0 Å². The van der Waals surface area contributed by atoms with E-state index in [0.717, 1.165) is 0 Å². The minimum Gasteiger partial charge on any atom is -0.464 e. The fraction of sp³-hybridized carbons (Fsp3) is 0.200. The summed E-state index contributed by atoms with van der Waals surface area (Å²) in [6.07, 6.45) is 1.44. The lowest BCUT2D eigenvalue weighted by Crippen LogP contribution is -2.11. The number of pyridine rings is 2. The molecule has 2 rings (SSSR count). The van der Waals surface area contributed by atoms with Crippen LogP contribution in [-0.2, 0) is 19.1 Å². The van der Waals surface area contributed by atoms with Gasteiger partial charge in [0.2, 0.25) is 11.8 Å². The SMILES string of the molecule is C=Cc1cc(NC(C)=O)c(Cl)c(C(=O)OC)n1.COC(=O)c1nc(Cl)cc(NC(C)=O)c1Cl. The van der Waals surface area contributed by atoms with Crippen molar-refractivity contribution in [3.05, 3.63) is 51.0 Å². The summed E-state index contributed by atoms with van der Waals surface area (Å²) in [5.74, 6) is -2.03. The Balaban J connectivity index is 0.000000331. The Labute approximate surface area is 204 Å². The number of nitrogens with one attached hydrogen (secondary N) is 2. The van der Waals surface area contributed by atoms with Gasteiger partial charge in [-0.3, -0.25) is 9.59 Å². The third-order valence-corrected chi connectivity index (χ3v) is 4.45. The van der Waals surface area contributed by atoms with Crippen LogP contribution < -0.4 is 10.6 Å². The van der Waals surface area contributed by atoms with Gasteiger partial charge in [-0.05, 0) is 12.1 Å². The van der Waals surface area contributed by atoms with Crippen molar-refractivity contribution in [1.29, 1.82) is 0 Å². The first-order valence-electron chi connectivity index (χ1n) is 8.85. The number of nitrogens with zero attached hydrogens (tertiary/aromatic N) is 2. The quantitative estimate of drug-likeness (QED) is 0.443. The van der Waals surface area contributed by atoms with Crippen molar-refractivity contribution in [3.63, 3.8) is 0 Å². The summed E-state index contributed by atoms with van der Waals surface area (Å²) in [5, 5.41) is 5.00. The van der Waals surface area contributed by atoms with Gasteiger partial charge in [0.1, 0.15) is 5.15 Å². The van der Waals surface area contributed by atoms with Crippen molar-refractivity contribution >= 4 is 76.0 Å². The van der Waals surface area contributed by atoms with Crippen molar-refractivity contribution in [1.82, 2.24) is 9.97 Å². The Hall–Kier alpha value is -3.21. The minimum absolute atomic E-state index is 0.00792. The topological polar surface area (TPSA) is 137 Å².